The van der Waals surface area contributed by atoms with Crippen molar-refractivity contribution in [2.45, 2.75) is 32.2 Å². The van der Waals surface area contributed by atoms with Gasteiger partial charge in [-0.05, 0) is 37.9 Å². The number of thiophene rings is 1. The molecule has 26 heavy (non-hydrogen) atoms. The van der Waals surface area contributed by atoms with E-state index in [2.05, 4.69) is 11.4 Å². The van der Waals surface area contributed by atoms with Crippen LogP contribution < -0.4 is 5.32 Å². The number of halogens is 2. The number of hydrogen-bond acceptors (Lipinski definition) is 4. The first kappa shape index (κ1) is 18.5. The quantitative estimate of drug-likeness (QED) is 0.834. The lowest BCUT2D eigenvalue weighted by Gasteiger charge is -2.16. The number of aryl methyl sites for hydroxylation is 1. The molecule has 1 aromatic heterocycles. The molecule has 0 spiro atoms. The maximum atomic E-state index is 13.7. The zero-order chi connectivity index (χ0) is 18.7. The second-order valence-electron chi connectivity index (χ2n) is 6.44. The van der Waals surface area contributed by atoms with Crippen LogP contribution in [0.3, 0.4) is 0 Å². The lowest BCUT2D eigenvalue weighted by atomic mass is 10.1. The third-order valence-electron chi connectivity index (χ3n) is 4.46. The fourth-order valence-corrected chi connectivity index (χ4v) is 4.37. The van der Waals surface area contributed by atoms with Crippen molar-refractivity contribution < 1.29 is 13.6 Å². The van der Waals surface area contributed by atoms with E-state index in [1.54, 1.807) is 11.9 Å². The average molecular weight is 375 g/mol. The molecule has 0 atom stereocenters. The van der Waals surface area contributed by atoms with Gasteiger partial charge in [-0.3, -0.25) is 4.79 Å². The molecule has 0 radical (unpaired) electrons. The van der Waals surface area contributed by atoms with E-state index in [9.17, 15) is 18.8 Å². The SMILES string of the molecule is CN(CCC(=O)Nc1sc2c(c1C#N)CCC2)Cc1ccc(F)cc1F. The van der Waals surface area contributed by atoms with Crippen molar-refractivity contribution >= 4 is 22.2 Å². The lowest BCUT2D eigenvalue weighted by Crippen LogP contribution is -2.24. The smallest absolute Gasteiger partial charge is 0.226 e. The van der Waals surface area contributed by atoms with Crippen LogP contribution in [0.2, 0.25) is 0 Å². The van der Waals surface area contributed by atoms with Gasteiger partial charge in [0, 0.05) is 36.0 Å². The van der Waals surface area contributed by atoms with Crippen LogP contribution in [-0.2, 0) is 24.2 Å². The number of hydrogen-bond donors (Lipinski definition) is 1. The molecule has 0 aliphatic heterocycles. The van der Waals surface area contributed by atoms with E-state index in [0.717, 1.165) is 30.9 Å². The molecule has 136 valence electrons. The fraction of sp³-hybridized carbons (Fsp3) is 0.368. The first-order valence-electron chi connectivity index (χ1n) is 8.45. The summed E-state index contributed by atoms with van der Waals surface area (Å²) in [6, 6.07) is 5.69. The van der Waals surface area contributed by atoms with Crippen LogP contribution in [0.1, 0.15) is 34.4 Å². The van der Waals surface area contributed by atoms with E-state index >= 15 is 0 Å². The van der Waals surface area contributed by atoms with Crippen LogP contribution >= 0.6 is 11.3 Å². The van der Waals surface area contributed by atoms with E-state index in [0.29, 0.717) is 22.7 Å². The van der Waals surface area contributed by atoms with Gasteiger partial charge in [-0.2, -0.15) is 5.26 Å². The molecule has 0 saturated heterocycles. The highest BCUT2D eigenvalue weighted by atomic mass is 32.1. The lowest BCUT2D eigenvalue weighted by molar-refractivity contribution is -0.116. The van der Waals surface area contributed by atoms with Gasteiger partial charge in [0.05, 0.1) is 5.56 Å². The van der Waals surface area contributed by atoms with Crippen LogP contribution in [0.4, 0.5) is 13.8 Å². The molecule has 3 rings (SSSR count). The summed E-state index contributed by atoms with van der Waals surface area (Å²) in [4.78, 5) is 15.2. The average Bonchev–Trinajstić information content (AvgIpc) is 3.16. The molecular formula is C19H19F2N3OS. The maximum Gasteiger partial charge on any atom is 0.226 e. The number of fused-ring (bicyclic) bond motifs is 1. The standard InChI is InChI=1S/C19H19F2N3OS/c1-24(11-12-5-6-13(20)9-16(12)21)8-7-18(25)23-19-15(10-22)14-3-2-4-17(14)26-19/h5-6,9H,2-4,7-8,11H2,1H3,(H,23,25). The van der Waals surface area contributed by atoms with Gasteiger partial charge in [-0.15, -0.1) is 11.3 Å². The van der Waals surface area contributed by atoms with Gasteiger partial charge in [0.25, 0.3) is 0 Å². The highest BCUT2D eigenvalue weighted by Gasteiger charge is 2.23. The van der Waals surface area contributed by atoms with Crippen molar-refractivity contribution in [3.05, 3.63) is 51.4 Å². The van der Waals surface area contributed by atoms with Crippen LogP contribution in [-0.4, -0.2) is 24.4 Å². The van der Waals surface area contributed by atoms with Crippen molar-refractivity contribution in [2.24, 2.45) is 0 Å². The summed E-state index contributed by atoms with van der Waals surface area (Å²) in [5.41, 5.74) is 2.06. The predicted octanol–water partition coefficient (Wildman–Crippen LogP) is 3.85. The molecule has 4 nitrogen and oxygen atoms in total. The summed E-state index contributed by atoms with van der Waals surface area (Å²) in [5.74, 6) is -1.37. The highest BCUT2D eigenvalue weighted by Crippen LogP contribution is 2.38. The van der Waals surface area contributed by atoms with Crippen LogP contribution in [0.25, 0.3) is 0 Å². The van der Waals surface area contributed by atoms with E-state index in [1.807, 2.05) is 0 Å². The summed E-state index contributed by atoms with van der Waals surface area (Å²) in [6.07, 6.45) is 3.16. The molecule has 2 aromatic rings. The number of anilines is 1. The van der Waals surface area contributed by atoms with Crippen molar-refractivity contribution in [3.63, 3.8) is 0 Å². The molecule has 0 fully saturated rings. The van der Waals surface area contributed by atoms with Crippen molar-refractivity contribution in [2.75, 3.05) is 18.9 Å². The zero-order valence-corrected chi connectivity index (χ0v) is 15.3. The third-order valence-corrected chi connectivity index (χ3v) is 5.67. The van der Waals surface area contributed by atoms with Gasteiger partial charge in [0.1, 0.15) is 22.7 Å². The Balaban J connectivity index is 1.54. The maximum absolute atomic E-state index is 13.7. The molecular weight excluding hydrogens is 356 g/mol. The molecule has 1 aliphatic rings. The largest absolute Gasteiger partial charge is 0.317 e. The summed E-state index contributed by atoms with van der Waals surface area (Å²) < 4.78 is 26.6. The Morgan fingerprint density at radius 2 is 2.19 bits per heavy atom. The summed E-state index contributed by atoms with van der Waals surface area (Å²) in [5, 5.41) is 12.8. The Hall–Kier alpha value is -2.30. The second-order valence-corrected chi connectivity index (χ2v) is 7.55. The summed E-state index contributed by atoms with van der Waals surface area (Å²) in [6.45, 7) is 0.714. The van der Waals surface area contributed by atoms with E-state index < -0.39 is 11.6 Å². The number of carbonyl (C=O) groups excluding carboxylic acids is 1. The number of benzene rings is 1. The van der Waals surface area contributed by atoms with Crippen molar-refractivity contribution in [3.8, 4) is 6.07 Å². The minimum atomic E-state index is -0.607. The Bertz CT molecular complexity index is 872. The minimum absolute atomic E-state index is 0.173. The number of nitrogens with zero attached hydrogens (tertiary/aromatic N) is 2. The monoisotopic (exact) mass is 375 g/mol. The Kier molecular flexibility index (Phi) is 5.64. The second kappa shape index (κ2) is 7.94. The van der Waals surface area contributed by atoms with Crippen LogP contribution in [0.5, 0.6) is 0 Å². The molecule has 0 bridgehead atoms. The minimum Gasteiger partial charge on any atom is -0.317 e. The van der Waals surface area contributed by atoms with Crippen LogP contribution in [0, 0.1) is 23.0 Å². The normalized spacial score (nSPS) is 12.9. The van der Waals surface area contributed by atoms with Gasteiger partial charge in [0.15, 0.2) is 0 Å². The van der Waals surface area contributed by atoms with Gasteiger partial charge in [-0.25, -0.2) is 8.78 Å². The van der Waals surface area contributed by atoms with Crippen LogP contribution in [0.15, 0.2) is 18.2 Å². The number of amides is 1. The van der Waals surface area contributed by atoms with E-state index in [-0.39, 0.29) is 18.9 Å². The fourth-order valence-electron chi connectivity index (χ4n) is 3.11. The Morgan fingerprint density at radius 1 is 1.38 bits per heavy atom. The first-order chi connectivity index (χ1) is 12.5. The number of carbonyl (C=O) groups is 1. The van der Waals surface area contributed by atoms with Gasteiger partial charge < -0.3 is 10.2 Å². The molecule has 7 heteroatoms. The molecule has 1 N–H and O–H groups in total. The Morgan fingerprint density at radius 3 is 2.92 bits per heavy atom. The van der Waals surface area contributed by atoms with E-state index in [1.165, 1.54) is 28.3 Å². The molecule has 0 saturated carbocycles. The number of nitrogens with one attached hydrogen (secondary N) is 1. The van der Waals surface area contributed by atoms with Gasteiger partial charge >= 0.3 is 0 Å². The number of nitriles is 1. The third kappa shape index (κ3) is 4.09. The summed E-state index contributed by atoms with van der Waals surface area (Å²) >= 11 is 1.49. The topological polar surface area (TPSA) is 56.1 Å². The van der Waals surface area contributed by atoms with Gasteiger partial charge in [0.2, 0.25) is 5.91 Å². The molecule has 1 amide bonds. The van der Waals surface area contributed by atoms with Crippen molar-refractivity contribution in [1.82, 2.24) is 4.90 Å². The Labute approximate surface area is 155 Å². The molecule has 0 unspecified atom stereocenters. The molecule has 1 aromatic carbocycles. The summed E-state index contributed by atoms with van der Waals surface area (Å²) in [7, 11) is 1.77. The van der Waals surface area contributed by atoms with Gasteiger partial charge in [-0.1, -0.05) is 6.07 Å². The number of rotatable bonds is 6. The molecule has 1 heterocycles. The first-order valence-corrected chi connectivity index (χ1v) is 9.26. The highest BCUT2D eigenvalue weighted by molar-refractivity contribution is 7.16. The molecule has 1 aliphatic carbocycles. The predicted molar refractivity (Wildman–Crippen MR) is 97.0 cm³/mol. The van der Waals surface area contributed by atoms with Crippen molar-refractivity contribution in [1.29, 1.82) is 5.26 Å². The van der Waals surface area contributed by atoms with E-state index in [4.69, 9.17) is 0 Å². The zero-order valence-electron chi connectivity index (χ0n) is 14.4.